The predicted molar refractivity (Wildman–Crippen MR) is 19.2 cm³/mol. The number of rotatable bonds is 1. The summed E-state index contributed by atoms with van der Waals surface area (Å²) in [6.45, 7) is 0. The van der Waals surface area contributed by atoms with E-state index in [1.807, 2.05) is 0 Å². The van der Waals surface area contributed by atoms with Gasteiger partial charge in [-0.15, -0.1) is 0 Å². The lowest BCUT2D eigenvalue weighted by molar-refractivity contribution is 0.0682. The van der Waals surface area contributed by atoms with Crippen molar-refractivity contribution in [3.8, 4) is 0 Å². The van der Waals surface area contributed by atoms with Gasteiger partial charge in [0, 0.05) is 7.05 Å². The van der Waals surface area contributed by atoms with Crippen molar-refractivity contribution in [2.75, 3.05) is 7.05 Å². The summed E-state index contributed by atoms with van der Waals surface area (Å²) in [6, 6.07) is 0. The highest BCUT2D eigenvalue weighted by Gasteiger charge is 1.96. The van der Waals surface area contributed by atoms with Gasteiger partial charge in [-0.1, -0.05) is 4.48 Å². The van der Waals surface area contributed by atoms with E-state index in [0.29, 0.717) is 0 Å². The van der Waals surface area contributed by atoms with E-state index in [9.17, 15) is 13.3 Å². The van der Waals surface area contributed by atoms with E-state index in [-0.39, 0.29) is 0 Å². The number of nitrogens with zero attached hydrogens (tertiary/aromatic N) is 1. The van der Waals surface area contributed by atoms with E-state index in [0.717, 1.165) is 7.05 Å². The van der Waals surface area contributed by atoms with E-state index in [1.54, 1.807) is 0 Å². The molecule has 0 radical (unpaired) electrons. The molecule has 0 amide bonds. The molecule has 0 saturated heterocycles. The third kappa shape index (κ3) is 2.08. The smallest absolute Gasteiger partial charge is 0.211 e. The van der Waals surface area contributed by atoms with Gasteiger partial charge in [0.2, 0.25) is 5.95 Å². The SMILES string of the molecule is CN(F)/C(F)=C\F. The minimum atomic E-state index is -1.53. The second-order valence-corrected chi connectivity index (χ2v) is 0.909. The largest absolute Gasteiger partial charge is 0.245 e. The molecule has 0 fully saturated rings. The van der Waals surface area contributed by atoms with Gasteiger partial charge in [0.05, 0.1) is 0 Å². The summed E-state index contributed by atoms with van der Waals surface area (Å²) in [5.41, 5.74) is 0. The van der Waals surface area contributed by atoms with Gasteiger partial charge in [0.25, 0.3) is 0 Å². The van der Waals surface area contributed by atoms with Crippen molar-refractivity contribution >= 4 is 0 Å². The Morgan fingerprint density at radius 3 is 2.14 bits per heavy atom. The van der Waals surface area contributed by atoms with Crippen molar-refractivity contribution in [2.24, 2.45) is 0 Å². The zero-order valence-corrected chi connectivity index (χ0v) is 3.66. The molecular weight excluding hydrogens is 107 g/mol. The average Bonchev–Trinajstić information content (AvgIpc) is 1.65. The molecule has 0 saturated carbocycles. The highest BCUT2D eigenvalue weighted by Crippen LogP contribution is 2.01. The lowest BCUT2D eigenvalue weighted by atomic mass is 10.9. The fourth-order valence-electron chi connectivity index (χ4n) is 0.0672. The van der Waals surface area contributed by atoms with Crippen molar-refractivity contribution in [1.82, 2.24) is 5.12 Å². The van der Waals surface area contributed by atoms with Crippen LogP contribution in [0.15, 0.2) is 12.3 Å². The summed E-state index contributed by atoms with van der Waals surface area (Å²) in [6.07, 6.45) is -0.458. The fraction of sp³-hybridized carbons (Fsp3) is 0.333. The molecule has 0 rings (SSSR count). The van der Waals surface area contributed by atoms with Crippen molar-refractivity contribution < 1.29 is 13.3 Å². The van der Waals surface area contributed by atoms with Gasteiger partial charge in [-0.25, -0.2) is 4.39 Å². The van der Waals surface area contributed by atoms with Gasteiger partial charge in [0.15, 0.2) is 0 Å². The Labute approximate surface area is 39.0 Å². The topological polar surface area (TPSA) is 3.24 Å². The van der Waals surface area contributed by atoms with Gasteiger partial charge in [-0.3, -0.25) is 0 Å². The van der Waals surface area contributed by atoms with E-state index < -0.39 is 17.4 Å². The molecule has 0 aliphatic rings. The average molecular weight is 111 g/mol. The Hall–Kier alpha value is -0.670. The lowest BCUT2D eigenvalue weighted by Gasteiger charge is -1.97. The van der Waals surface area contributed by atoms with E-state index in [2.05, 4.69) is 0 Å². The maximum atomic E-state index is 11.3. The van der Waals surface area contributed by atoms with Gasteiger partial charge < -0.3 is 0 Å². The first-order valence-electron chi connectivity index (χ1n) is 1.54. The molecule has 0 unspecified atom stereocenters. The van der Waals surface area contributed by atoms with Crippen LogP contribution in [0.1, 0.15) is 0 Å². The normalized spacial score (nSPS) is 11.7. The maximum absolute atomic E-state index is 11.3. The number of hydrogen-bond donors (Lipinski definition) is 0. The summed E-state index contributed by atoms with van der Waals surface area (Å²) in [5, 5.41) is -0.458. The first-order valence-corrected chi connectivity index (χ1v) is 1.54. The standard InChI is InChI=1S/C3H4F3N/c1-7(6)3(5)2-4/h2H,1H3/b3-2-. The minimum Gasteiger partial charge on any atom is -0.211 e. The minimum absolute atomic E-state index is 0.458. The first kappa shape index (κ1) is 6.33. The predicted octanol–water partition coefficient (Wildman–Crippen LogP) is 1.54. The van der Waals surface area contributed by atoms with Crippen LogP contribution in [0.25, 0.3) is 0 Å². The van der Waals surface area contributed by atoms with Gasteiger partial charge in [-0.2, -0.15) is 9.51 Å². The second-order valence-electron chi connectivity index (χ2n) is 0.909. The Kier molecular flexibility index (Phi) is 2.26. The first-order chi connectivity index (χ1) is 3.18. The van der Waals surface area contributed by atoms with Crippen LogP contribution < -0.4 is 0 Å². The van der Waals surface area contributed by atoms with Crippen LogP contribution in [0.4, 0.5) is 13.3 Å². The molecule has 42 valence electrons. The van der Waals surface area contributed by atoms with Crippen molar-refractivity contribution in [1.29, 1.82) is 0 Å². The van der Waals surface area contributed by atoms with Gasteiger partial charge in [0.1, 0.15) is 6.33 Å². The number of hydrogen-bond acceptors (Lipinski definition) is 1. The fourth-order valence-corrected chi connectivity index (χ4v) is 0.0672. The molecule has 0 aliphatic heterocycles. The second kappa shape index (κ2) is 2.49. The van der Waals surface area contributed by atoms with Crippen LogP contribution in [0.5, 0.6) is 0 Å². The Balaban J connectivity index is 3.56. The van der Waals surface area contributed by atoms with E-state index in [1.165, 1.54) is 0 Å². The Morgan fingerprint density at radius 2 is 2.14 bits per heavy atom. The molecule has 0 heterocycles. The third-order valence-corrected chi connectivity index (χ3v) is 0.384. The summed E-state index contributed by atoms with van der Waals surface area (Å²) in [4.78, 5) is 0. The molecule has 0 atom stereocenters. The molecule has 1 nitrogen and oxygen atoms in total. The summed E-state index contributed by atoms with van der Waals surface area (Å²) < 4.78 is 33.4. The molecule has 0 aliphatic carbocycles. The zero-order chi connectivity index (χ0) is 5.86. The molecular formula is C3H4F3N. The summed E-state index contributed by atoms with van der Waals surface area (Å²) in [5.74, 6) is -1.53. The molecule has 7 heavy (non-hydrogen) atoms. The summed E-state index contributed by atoms with van der Waals surface area (Å²) >= 11 is 0. The molecule has 0 N–H and O–H groups in total. The van der Waals surface area contributed by atoms with Crippen LogP contribution in [0.3, 0.4) is 0 Å². The maximum Gasteiger partial charge on any atom is 0.245 e. The molecule has 0 spiro atoms. The monoisotopic (exact) mass is 111 g/mol. The van der Waals surface area contributed by atoms with Gasteiger partial charge in [-0.05, 0) is 0 Å². The van der Waals surface area contributed by atoms with Crippen LogP contribution in [-0.2, 0) is 0 Å². The quantitative estimate of drug-likeness (QED) is 0.366. The Bertz CT molecular complexity index is 78.2. The van der Waals surface area contributed by atoms with Crippen molar-refractivity contribution in [2.45, 2.75) is 0 Å². The van der Waals surface area contributed by atoms with Crippen molar-refractivity contribution in [3.63, 3.8) is 0 Å². The van der Waals surface area contributed by atoms with Crippen LogP contribution >= 0.6 is 0 Å². The number of halogens is 3. The molecule has 0 aromatic carbocycles. The highest BCUT2D eigenvalue weighted by molar-refractivity contribution is 4.76. The van der Waals surface area contributed by atoms with E-state index >= 15 is 0 Å². The summed E-state index contributed by atoms with van der Waals surface area (Å²) in [7, 11) is 0.755. The van der Waals surface area contributed by atoms with Crippen molar-refractivity contribution in [3.05, 3.63) is 12.3 Å². The van der Waals surface area contributed by atoms with Gasteiger partial charge >= 0.3 is 0 Å². The van der Waals surface area contributed by atoms with Crippen LogP contribution in [0, 0.1) is 0 Å². The Morgan fingerprint density at radius 1 is 1.71 bits per heavy atom. The lowest BCUT2D eigenvalue weighted by Crippen LogP contribution is -1.99. The molecule has 0 aromatic heterocycles. The molecule has 0 bridgehead atoms. The molecule has 4 heteroatoms. The van der Waals surface area contributed by atoms with E-state index in [4.69, 9.17) is 0 Å². The van der Waals surface area contributed by atoms with Crippen LogP contribution in [-0.4, -0.2) is 12.2 Å². The zero-order valence-electron chi connectivity index (χ0n) is 3.66. The third-order valence-electron chi connectivity index (χ3n) is 0.384. The molecule has 0 aromatic rings. The van der Waals surface area contributed by atoms with Crippen LogP contribution in [0.2, 0.25) is 0 Å². The highest BCUT2D eigenvalue weighted by atomic mass is 19.2.